The summed E-state index contributed by atoms with van der Waals surface area (Å²) in [5.74, 6) is 0.311. The largest absolute Gasteiger partial charge is 0.383 e. The molecule has 0 aromatic heterocycles. The van der Waals surface area contributed by atoms with Crippen LogP contribution in [-0.2, 0) is 0 Å². The standard InChI is InChI=1S/C11H10N2OS/c1-7-2-4-8(5-3-7)6-9-10(12)13-11(14)15-9/h2-6H,1H3,(H2,12,13,14)/b9-6-. The Labute approximate surface area is 92.1 Å². The molecule has 0 bridgehead atoms. The van der Waals surface area contributed by atoms with Gasteiger partial charge in [0, 0.05) is 0 Å². The predicted molar refractivity (Wildman–Crippen MR) is 63.8 cm³/mol. The molecular formula is C11H10N2OS. The number of amides is 1. The lowest BCUT2D eigenvalue weighted by Crippen LogP contribution is -2.08. The van der Waals surface area contributed by atoms with Gasteiger partial charge in [-0.3, -0.25) is 4.79 Å². The molecule has 1 aromatic carbocycles. The molecule has 0 aliphatic carbocycles. The van der Waals surface area contributed by atoms with Crippen LogP contribution in [-0.4, -0.2) is 11.1 Å². The highest BCUT2D eigenvalue weighted by molar-refractivity contribution is 8.18. The molecule has 15 heavy (non-hydrogen) atoms. The van der Waals surface area contributed by atoms with E-state index in [-0.39, 0.29) is 5.24 Å². The van der Waals surface area contributed by atoms with Gasteiger partial charge in [0.2, 0.25) is 0 Å². The highest BCUT2D eigenvalue weighted by Crippen LogP contribution is 2.27. The average molecular weight is 218 g/mol. The fourth-order valence-electron chi connectivity index (χ4n) is 1.24. The first-order valence-corrected chi connectivity index (χ1v) is 5.31. The topological polar surface area (TPSA) is 55.5 Å². The summed E-state index contributed by atoms with van der Waals surface area (Å²) in [5.41, 5.74) is 7.81. The number of rotatable bonds is 1. The van der Waals surface area contributed by atoms with E-state index in [1.54, 1.807) is 0 Å². The fourth-order valence-corrected chi connectivity index (χ4v) is 1.92. The summed E-state index contributed by atoms with van der Waals surface area (Å²) in [4.78, 5) is 15.3. The van der Waals surface area contributed by atoms with Crippen LogP contribution in [0, 0.1) is 6.92 Å². The molecule has 1 aliphatic heterocycles. The number of thioether (sulfide) groups is 1. The maximum Gasteiger partial charge on any atom is 0.311 e. The summed E-state index contributed by atoms with van der Waals surface area (Å²) in [5, 5.41) is -0.245. The van der Waals surface area contributed by atoms with Crippen molar-refractivity contribution < 1.29 is 4.79 Å². The summed E-state index contributed by atoms with van der Waals surface area (Å²) in [6.07, 6.45) is 1.87. The number of nitrogens with zero attached hydrogens (tertiary/aromatic N) is 1. The van der Waals surface area contributed by atoms with Gasteiger partial charge in [-0.15, -0.1) is 0 Å². The van der Waals surface area contributed by atoms with Crippen LogP contribution in [0.3, 0.4) is 0 Å². The Kier molecular flexibility index (Phi) is 2.60. The van der Waals surface area contributed by atoms with Crippen molar-refractivity contribution in [3.8, 4) is 0 Å². The number of hydrogen-bond acceptors (Lipinski definition) is 3. The molecule has 3 nitrogen and oxygen atoms in total. The molecule has 0 atom stereocenters. The third-order valence-electron chi connectivity index (χ3n) is 2.04. The van der Waals surface area contributed by atoms with Gasteiger partial charge in [-0.25, -0.2) is 0 Å². The molecule has 0 unspecified atom stereocenters. The van der Waals surface area contributed by atoms with Gasteiger partial charge in [0.05, 0.1) is 4.91 Å². The predicted octanol–water partition coefficient (Wildman–Crippen LogP) is 2.56. The second-order valence-corrected chi connectivity index (χ2v) is 4.28. The molecule has 1 aliphatic rings. The first-order chi connectivity index (χ1) is 7.15. The second kappa shape index (κ2) is 3.90. The van der Waals surface area contributed by atoms with Gasteiger partial charge in [0.1, 0.15) is 5.84 Å². The van der Waals surface area contributed by atoms with E-state index in [0.717, 1.165) is 22.2 Å². The van der Waals surface area contributed by atoms with E-state index in [0.29, 0.717) is 5.84 Å². The molecule has 0 saturated heterocycles. The number of benzene rings is 1. The Hall–Kier alpha value is -1.55. The summed E-state index contributed by atoms with van der Waals surface area (Å²) in [6, 6.07) is 8.00. The van der Waals surface area contributed by atoms with Crippen LogP contribution in [0.1, 0.15) is 11.1 Å². The first-order valence-electron chi connectivity index (χ1n) is 4.50. The number of carbonyl (C=O) groups excluding carboxylic acids is 1. The number of aryl methyl sites for hydroxylation is 1. The smallest absolute Gasteiger partial charge is 0.311 e. The van der Waals surface area contributed by atoms with Gasteiger partial charge in [-0.1, -0.05) is 29.8 Å². The zero-order valence-corrected chi connectivity index (χ0v) is 9.04. The Morgan fingerprint density at radius 3 is 2.53 bits per heavy atom. The van der Waals surface area contributed by atoms with Gasteiger partial charge < -0.3 is 5.73 Å². The maximum absolute atomic E-state index is 11.0. The Morgan fingerprint density at radius 2 is 2.00 bits per heavy atom. The quantitative estimate of drug-likeness (QED) is 0.788. The summed E-state index contributed by atoms with van der Waals surface area (Å²) in [7, 11) is 0. The van der Waals surface area contributed by atoms with Crippen molar-refractivity contribution >= 4 is 28.9 Å². The van der Waals surface area contributed by atoms with Crippen molar-refractivity contribution in [2.45, 2.75) is 6.92 Å². The van der Waals surface area contributed by atoms with E-state index in [2.05, 4.69) is 4.99 Å². The molecular weight excluding hydrogens is 208 g/mol. The monoisotopic (exact) mass is 218 g/mol. The Morgan fingerprint density at radius 1 is 1.33 bits per heavy atom. The van der Waals surface area contributed by atoms with Gasteiger partial charge in [-0.05, 0) is 30.3 Å². The van der Waals surface area contributed by atoms with Gasteiger partial charge >= 0.3 is 5.24 Å². The molecule has 1 amide bonds. The minimum absolute atomic E-state index is 0.245. The van der Waals surface area contributed by atoms with Gasteiger partial charge in [-0.2, -0.15) is 4.99 Å². The third kappa shape index (κ3) is 2.27. The number of carbonyl (C=O) groups is 1. The van der Waals surface area contributed by atoms with E-state index in [4.69, 9.17) is 5.73 Å². The molecule has 2 rings (SSSR count). The van der Waals surface area contributed by atoms with Crippen LogP contribution < -0.4 is 5.73 Å². The van der Waals surface area contributed by atoms with Crippen LogP contribution in [0.15, 0.2) is 34.2 Å². The second-order valence-electron chi connectivity index (χ2n) is 3.28. The van der Waals surface area contributed by atoms with Crippen LogP contribution in [0.25, 0.3) is 6.08 Å². The van der Waals surface area contributed by atoms with Crippen molar-refractivity contribution in [1.29, 1.82) is 0 Å². The lowest BCUT2D eigenvalue weighted by Gasteiger charge is -1.97. The SMILES string of the molecule is Cc1ccc(/C=C2\SC(=O)N=C2N)cc1. The Bertz CT molecular complexity index is 460. The Balaban J connectivity index is 2.28. The lowest BCUT2D eigenvalue weighted by atomic mass is 10.1. The molecule has 2 N–H and O–H groups in total. The van der Waals surface area contributed by atoms with Gasteiger partial charge in [0.15, 0.2) is 0 Å². The summed E-state index contributed by atoms with van der Waals surface area (Å²) >= 11 is 1.07. The third-order valence-corrected chi connectivity index (χ3v) is 2.85. The lowest BCUT2D eigenvalue weighted by molar-refractivity contribution is 0.268. The van der Waals surface area contributed by atoms with Crippen LogP contribution >= 0.6 is 11.8 Å². The van der Waals surface area contributed by atoms with E-state index >= 15 is 0 Å². The normalized spacial score (nSPS) is 18.3. The molecule has 0 fully saturated rings. The van der Waals surface area contributed by atoms with Gasteiger partial charge in [0.25, 0.3) is 0 Å². The molecule has 0 radical (unpaired) electrons. The van der Waals surface area contributed by atoms with Crippen molar-refractivity contribution in [3.05, 3.63) is 40.3 Å². The summed E-state index contributed by atoms with van der Waals surface area (Å²) in [6.45, 7) is 2.03. The average Bonchev–Trinajstić information content (AvgIpc) is 2.49. The van der Waals surface area contributed by atoms with Crippen molar-refractivity contribution in [1.82, 2.24) is 0 Å². The van der Waals surface area contributed by atoms with Crippen LogP contribution in [0.4, 0.5) is 4.79 Å². The number of aliphatic imine (C=N–C) groups is 1. The molecule has 0 spiro atoms. The molecule has 0 saturated carbocycles. The highest BCUT2D eigenvalue weighted by atomic mass is 32.2. The zero-order chi connectivity index (χ0) is 10.8. The highest BCUT2D eigenvalue weighted by Gasteiger charge is 2.18. The first kappa shape index (κ1) is 9.98. The van der Waals surface area contributed by atoms with Crippen molar-refractivity contribution in [3.63, 3.8) is 0 Å². The number of nitrogens with two attached hydrogens (primary N) is 1. The number of amidine groups is 1. The van der Waals surface area contributed by atoms with E-state index < -0.39 is 0 Å². The molecule has 4 heteroatoms. The number of hydrogen-bond donors (Lipinski definition) is 1. The van der Waals surface area contributed by atoms with Crippen LogP contribution in [0.5, 0.6) is 0 Å². The minimum Gasteiger partial charge on any atom is -0.383 e. The molecule has 76 valence electrons. The van der Waals surface area contributed by atoms with E-state index in [1.807, 2.05) is 37.3 Å². The van der Waals surface area contributed by atoms with Crippen molar-refractivity contribution in [2.24, 2.45) is 10.7 Å². The minimum atomic E-state index is -0.245. The molecule has 1 aromatic rings. The van der Waals surface area contributed by atoms with E-state index in [9.17, 15) is 4.79 Å². The fraction of sp³-hybridized carbons (Fsp3) is 0.0909. The molecule has 1 heterocycles. The maximum atomic E-state index is 11.0. The summed E-state index contributed by atoms with van der Waals surface area (Å²) < 4.78 is 0. The van der Waals surface area contributed by atoms with Crippen molar-refractivity contribution in [2.75, 3.05) is 0 Å². The zero-order valence-electron chi connectivity index (χ0n) is 8.23. The van der Waals surface area contributed by atoms with Crippen LogP contribution in [0.2, 0.25) is 0 Å². The van der Waals surface area contributed by atoms with E-state index in [1.165, 1.54) is 5.56 Å².